The molecule has 0 saturated carbocycles. The van der Waals surface area contributed by atoms with Crippen molar-refractivity contribution in [3.8, 4) is 0 Å². The lowest BCUT2D eigenvalue weighted by Crippen LogP contribution is -2.30. The highest BCUT2D eigenvalue weighted by Gasteiger charge is 2.19. The Bertz CT molecular complexity index is 1870. The van der Waals surface area contributed by atoms with Crippen LogP contribution in [0.25, 0.3) is 0 Å². The minimum absolute atomic E-state index is 0.113. The quantitative estimate of drug-likeness (QED) is 0.0261. The molecule has 0 saturated heterocycles. The van der Waals surface area contributed by atoms with Gasteiger partial charge in [0.1, 0.15) is 13.2 Å². The minimum Gasteiger partial charge on any atom is -0.462 e. The fourth-order valence-electron chi connectivity index (χ4n) is 7.79. The van der Waals surface area contributed by atoms with Crippen LogP contribution in [0.4, 0.5) is 0 Å². The number of allylic oxidation sites excluding steroid dienone is 30. The van der Waals surface area contributed by atoms with E-state index in [9.17, 15) is 14.4 Å². The Morgan fingerprint density at radius 3 is 0.797 bits per heavy atom. The Hall–Kier alpha value is -5.49. The molecule has 0 aromatic heterocycles. The predicted octanol–water partition coefficient (Wildman–Crippen LogP) is 21.7. The van der Waals surface area contributed by atoms with Gasteiger partial charge in [-0.2, -0.15) is 0 Å². The Morgan fingerprint density at radius 2 is 0.494 bits per heavy atom. The molecule has 440 valence electrons. The van der Waals surface area contributed by atoms with Crippen molar-refractivity contribution in [2.45, 2.75) is 245 Å². The van der Waals surface area contributed by atoms with Crippen LogP contribution in [0.3, 0.4) is 0 Å². The molecule has 79 heavy (non-hydrogen) atoms. The lowest BCUT2D eigenvalue weighted by molar-refractivity contribution is -0.167. The van der Waals surface area contributed by atoms with Crippen molar-refractivity contribution in [1.82, 2.24) is 0 Å². The molecule has 0 N–H and O–H groups in total. The molecule has 0 spiro atoms. The molecule has 0 rings (SSSR count). The number of hydrogen-bond acceptors (Lipinski definition) is 6. The molecule has 6 heteroatoms. The van der Waals surface area contributed by atoms with Gasteiger partial charge in [0.15, 0.2) is 6.10 Å². The van der Waals surface area contributed by atoms with Crippen LogP contribution < -0.4 is 0 Å². The van der Waals surface area contributed by atoms with E-state index in [0.717, 1.165) is 148 Å². The molecule has 0 aromatic rings. The molecule has 0 heterocycles. The summed E-state index contributed by atoms with van der Waals surface area (Å²) >= 11 is 0. The van der Waals surface area contributed by atoms with Gasteiger partial charge >= 0.3 is 17.9 Å². The lowest BCUT2D eigenvalue weighted by atomic mass is 10.1. The molecular weight excluding hydrogens is 973 g/mol. The van der Waals surface area contributed by atoms with E-state index in [4.69, 9.17) is 14.2 Å². The number of rotatable bonds is 54. The van der Waals surface area contributed by atoms with Gasteiger partial charge in [0.25, 0.3) is 0 Å². The lowest BCUT2D eigenvalue weighted by Gasteiger charge is -2.18. The van der Waals surface area contributed by atoms with Crippen LogP contribution in [-0.2, 0) is 28.6 Å². The first kappa shape index (κ1) is 73.5. The minimum atomic E-state index is -0.822. The van der Waals surface area contributed by atoms with E-state index in [-0.39, 0.29) is 44.0 Å². The Morgan fingerprint density at radius 1 is 0.266 bits per heavy atom. The van der Waals surface area contributed by atoms with E-state index in [0.29, 0.717) is 19.3 Å². The second kappa shape index (κ2) is 65.0. The van der Waals surface area contributed by atoms with Crippen LogP contribution in [0.15, 0.2) is 182 Å². The van der Waals surface area contributed by atoms with E-state index in [1.54, 1.807) is 0 Å². The highest BCUT2D eigenvalue weighted by atomic mass is 16.6. The molecule has 6 nitrogen and oxygen atoms in total. The summed E-state index contributed by atoms with van der Waals surface area (Å²) in [6, 6.07) is 0. The molecule has 0 aliphatic rings. The maximum absolute atomic E-state index is 12.8. The summed E-state index contributed by atoms with van der Waals surface area (Å²) in [7, 11) is 0. The first-order valence-corrected chi connectivity index (χ1v) is 31.3. The molecule has 0 aliphatic carbocycles. The SMILES string of the molecule is CC/C=C\C/C=C\C/C=C\C/C=C\C/C=C\C/C=C\C/C=C\C/C=C\C/C=C\C/C=C\CCCCC(=O)OCC(COC(=O)CCCCCCCCCCC)OC(=O)CCCCC/C=C\C/C=C\C/C=C\C/C=C\C/C=C\CC. The normalized spacial score (nSPS) is 13.4. The maximum Gasteiger partial charge on any atom is 0.306 e. The number of carbonyl (C=O) groups is 3. The van der Waals surface area contributed by atoms with E-state index in [1.807, 2.05) is 0 Å². The number of carbonyl (C=O) groups excluding carboxylic acids is 3. The van der Waals surface area contributed by atoms with Gasteiger partial charge in [-0.3, -0.25) is 14.4 Å². The van der Waals surface area contributed by atoms with Gasteiger partial charge in [0.2, 0.25) is 0 Å². The molecule has 0 aliphatic heterocycles. The van der Waals surface area contributed by atoms with Crippen LogP contribution in [0.1, 0.15) is 239 Å². The maximum atomic E-state index is 12.8. The van der Waals surface area contributed by atoms with Crippen molar-refractivity contribution in [3.63, 3.8) is 0 Å². The molecular formula is C73H112O6. The third-order valence-corrected chi connectivity index (χ3v) is 12.4. The molecule has 0 fully saturated rings. The van der Waals surface area contributed by atoms with Crippen LogP contribution >= 0.6 is 0 Å². The molecule has 0 radical (unpaired) electrons. The zero-order valence-corrected chi connectivity index (χ0v) is 50.3. The van der Waals surface area contributed by atoms with E-state index >= 15 is 0 Å². The average molecular weight is 1090 g/mol. The van der Waals surface area contributed by atoms with Crippen LogP contribution in [0.2, 0.25) is 0 Å². The third kappa shape index (κ3) is 63.2. The second-order valence-electron chi connectivity index (χ2n) is 19.9. The van der Waals surface area contributed by atoms with Gasteiger partial charge in [0.05, 0.1) is 0 Å². The van der Waals surface area contributed by atoms with Gasteiger partial charge < -0.3 is 14.2 Å². The van der Waals surface area contributed by atoms with E-state index < -0.39 is 6.10 Å². The summed E-state index contributed by atoms with van der Waals surface area (Å²) in [5.41, 5.74) is 0. The third-order valence-electron chi connectivity index (χ3n) is 12.4. The van der Waals surface area contributed by atoms with Crippen molar-refractivity contribution >= 4 is 17.9 Å². The second-order valence-corrected chi connectivity index (χ2v) is 19.9. The van der Waals surface area contributed by atoms with Crippen molar-refractivity contribution in [3.05, 3.63) is 182 Å². The largest absolute Gasteiger partial charge is 0.462 e. The highest BCUT2D eigenvalue weighted by Crippen LogP contribution is 2.13. The first-order valence-electron chi connectivity index (χ1n) is 31.3. The smallest absolute Gasteiger partial charge is 0.306 e. The topological polar surface area (TPSA) is 78.9 Å². The van der Waals surface area contributed by atoms with Crippen molar-refractivity contribution in [2.75, 3.05) is 13.2 Å². The molecule has 0 bridgehead atoms. The number of hydrogen-bond donors (Lipinski definition) is 0. The van der Waals surface area contributed by atoms with Crippen molar-refractivity contribution in [1.29, 1.82) is 0 Å². The zero-order valence-electron chi connectivity index (χ0n) is 50.3. The summed E-state index contributed by atoms with van der Waals surface area (Å²) in [5, 5.41) is 0. The van der Waals surface area contributed by atoms with Crippen LogP contribution in [0, 0.1) is 0 Å². The Balaban J connectivity index is 4.39. The summed E-state index contributed by atoms with van der Waals surface area (Å²) < 4.78 is 16.8. The van der Waals surface area contributed by atoms with Gasteiger partial charge in [-0.15, -0.1) is 0 Å². The molecule has 0 aromatic carbocycles. The van der Waals surface area contributed by atoms with E-state index in [1.165, 1.54) is 38.5 Å². The highest BCUT2D eigenvalue weighted by molar-refractivity contribution is 5.71. The number of ether oxygens (including phenoxy) is 3. The summed E-state index contributed by atoms with van der Waals surface area (Å²) in [6.07, 6.45) is 97.6. The number of esters is 3. The van der Waals surface area contributed by atoms with Gasteiger partial charge in [-0.05, 0) is 141 Å². The summed E-state index contributed by atoms with van der Waals surface area (Å²) in [4.78, 5) is 38.1. The average Bonchev–Trinajstić information content (AvgIpc) is 3.45. The molecule has 1 atom stereocenters. The fourth-order valence-corrected chi connectivity index (χ4v) is 7.79. The van der Waals surface area contributed by atoms with Gasteiger partial charge in [-0.1, -0.05) is 261 Å². The summed E-state index contributed by atoms with van der Waals surface area (Å²) in [6.45, 7) is 6.31. The standard InChI is InChI=1S/C73H112O6/c1-4-7-10-13-16-19-21-23-25-27-29-30-31-32-33-34-35-36-37-38-39-40-41-42-44-45-47-49-51-54-57-60-63-66-72(75)78-69-70(68-77-71(74)65-62-59-56-53-18-15-12-9-6-3)79-73(76)67-64-61-58-55-52-50-48-46-43-28-26-24-22-20-17-14-11-8-5-2/h7-8,10-11,16-17,19-20,23-26,29-30,32-33,35-36,38-39,41-43,45-47,50-52,54,70H,4-6,9,12-15,18,21-22,27-28,31,34,37,40,44,48-49,53,55-69H2,1-3H3/b10-7-,11-8-,19-16-,20-17-,25-23-,26-24-,30-29-,33-32-,36-35-,39-38-,42-41-,46-43-,47-45-,52-50-,54-51-. The first-order chi connectivity index (χ1) is 39.0. The van der Waals surface area contributed by atoms with Crippen LogP contribution in [0.5, 0.6) is 0 Å². The monoisotopic (exact) mass is 1080 g/mol. The Kier molecular flexibility index (Phi) is 60.5. The number of unbranched alkanes of at least 4 members (excludes halogenated alkanes) is 13. The van der Waals surface area contributed by atoms with Crippen molar-refractivity contribution < 1.29 is 28.6 Å². The zero-order chi connectivity index (χ0) is 57.1. The van der Waals surface area contributed by atoms with Crippen LogP contribution in [-0.4, -0.2) is 37.2 Å². The van der Waals surface area contributed by atoms with Gasteiger partial charge in [0, 0.05) is 19.3 Å². The fraction of sp³-hybridized carbons (Fsp3) is 0.548. The van der Waals surface area contributed by atoms with Gasteiger partial charge in [-0.25, -0.2) is 0 Å². The van der Waals surface area contributed by atoms with E-state index in [2.05, 4.69) is 203 Å². The summed E-state index contributed by atoms with van der Waals surface area (Å²) in [5.74, 6) is -1.00. The molecule has 0 amide bonds. The Labute approximate surface area is 484 Å². The van der Waals surface area contributed by atoms with Crippen molar-refractivity contribution in [2.24, 2.45) is 0 Å². The molecule has 1 unspecified atom stereocenters. The predicted molar refractivity (Wildman–Crippen MR) is 343 cm³/mol.